The van der Waals surface area contributed by atoms with Gasteiger partial charge in [-0.2, -0.15) is 0 Å². The number of aryl methyl sites for hydroxylation is 1. The summed E-state index contributed by atoms with van der Waals surface area (Å²) in [7, 11) is 0. The first-order chi connectivity index (χ1) is 8.11. The zero-order chi connectivity index (χ0) is 12.4. The van der Waals surface area contributed by atoms with Gasteiger partial charge in [0.25, 0.3) is 0 Å². The first kappa shape index (κ1) is 12.2. The number of fused-ring (bicyclic) bond motifs is 1. The summed E-state index contributed by atoms with van der Waals surface area (Å²) in [6.45, 7) is 3.81. The Morgan fingerprint density at radius 1 is 1.53 bits per heavy atom. The number of pyridine rings is 1. The summed E-state index contributed by atoms with van der Waals surface area (Å²) in [4.78, 5) is 16.8. The van der Waals surface area contributed by atoms with E-state index in [1.165, 1.54) is 5.56 Å². The summed E-state index contributed by atoms with van der Waals surface area (Å²) >= 11 is 0. The van der Waals surface area contributed by atoms with Gasteiger partial charge in [0.2, 0.25) is 0 Å². The third-order valence-corrected chi connectivity index (χ3v) is 3.78. The molecule has 92 valence electrons. The van der Waals surface area contributed by atoms with E-state index in [2.05, 4.69) is 11.1 Å². The van der Waals surface area contributed by atoms with Crippen LogP contribution >= 0.6 is 0 Å². The summed E-state index contributed by atoms with van der Waals surface area (Å²) in [6, 6.07) is 3.94. The Morgan fingerprint density at radius 2 is 2.29 bits per heavy atom. The number of aromatic nitrogens is 1. The van der Waals surface area contributed by atoms with Gasteiger partial charge in [-0.15, -0.1) is 0 Å². The van der Waals surface area contributed by atoms with Gasteiger partial charge in [-0.1, -0.05) is 13.0 Å². The fourth-order valence-corrected chi connectivity index (χ4v) is 2.46. The van der Waals surface area contributed by atoms with E-state index in [9.17, 15) is 4.79 Å². The molecule has 0 aliphatic heterocycles. The Morgan fingerprint density at radius 3 is 3.00 bits per heavy atom. The number of Topliss-reactive ketones (excluding diaryl/α,β-unsaturated/α-hetero) is 1. The van der Waals surface area contributed by atoms with Crippen LogP contribution in [0.1, 0.15) is 43.9 Å². The number of nitrogens with zero attached hydrogens (tertiary/aromatic N) is 1. The van der Waals surface area contributed by atoms with E-state index in [4.69, 9.17) is 5.73 Å². The second-order valence-corrected chi connectivity index (χ2v) is 5.04. The maximum absolute atomic E-state index is 12.4. The molecule has 0 bridgehead atoms. The first-order valence-corrected chi connectivity index (χ1v) is 6.34. The van der Waals surface area contributed by atoms with Gasteiger partial charge in [0.05, 0.1) is 11.6 Å². The van der Waals surface area contributed by atoms with Crippen LogP contribution in [0.2, 0.25) is 0 Å². The maximum Gasteiger partial charge on any atom is 0.146 e. The van der Waals surface area contributed by atoms with E-state index >= 15 is 0 Å². The molecule has 0 radical (unpaired) electrons. The molecule has 1 aromatic heterocycles. The van der Waals surface area contributed by atoms with Gasteiger partial charge in [0, 0.05) is 18.2 Å². The molecule has 0 fully saturated rings. The minimum atomic E-state index is -0.0899. The van der Waals surface area contributed by atoms with Crippen molar-refractivity contribution in [2.75, 3.05) is 0 Å². The van der Waals surface area contributed by atoms with Gasteiger partial charge < -0.3 is 5.73 Å². The highest BCUT2D eigenvalue weighted by molar-refractivity contribution is 5.88. The second kappa shape index (κ2) is 4.96. The average Bonchev–Trinajstić information content (AvgIpc) is 2.36. The molecule has 1 aliphatic rings. The van der Waals surface area contributed by atoms with E-state index in [1.54, 1.807) is 6.20 Å². The van der Waals surface area contributed by atoms with Crippen molar-refractivity contribution in [3.63, 3.8) is 0 Å². The molecule has 0 spiro atoms. The Hall–Kier alpha value is -1.22. The molecule has 1 aliphatic carbocycles. The molecule has 0 saturated heterocycles. The molecule has 2 N–H and O–H groups in total. The SMILES string of the molecule is CC(N)C(C)C(=O)C1CCCc2cccnc21. The van der Waals surface area contributed by atoms with Gasteiger partial charge in [-0.25, -0.2) is 0 Å². The van der Waals surface area contributed by atoms with Crippen molar-refractivity contribution in [3.05, 3.63) is 29.6 Å². The third kappa shape index (κ3) is 2.39. The van der Waals surface area contributed by atoms with E-state index in [-0.39, 0.29) is 23.7 Å². The molecular weight excluding hydrogens is 212 g/mol. The van der Waals surface area contributed by atoms with Crippen LogP contribution in [0.15, 0.2) is 18.3 Å². The molecular formula is C14H20N2O. The Balaban J connectivity index is 2.27. The van der Waals surface area contributed by atoms with Crippen LogP contribution in [0.5, 0.6) is 0 Å². The van der Waals surface area contributed by atoms with Gasteiger partial charge in [0.1, 0.15) is 5.78 Å². The van der Waals surface area contributed by atoms with Crippen LogP contribution in [0.4, 0.5) is 0 Å². The number of rotatable bonds is 3. The quantitative estimate of drug-likeness (QED) is 0.867. The van der Waals surface area contributed by atoms with Crippen LogP contribution in [0.25, 0.3) is 0 Å². The molecule has 3 unspecified atom stereocenters. The van der Waals surface area contributed by atoms with E-state index in [0.29, 0.717) is 0 Å². The third-order valence-electron chi connectivity index (χ3n) is 3.78. The van der Waals surface area contributed by atoms with Crippen molar-refractivity contribution in [3.8, 4) is 0 Å². The lowest BCUT2D eigenvalue weighted by Crippen LogP contribution is -2.35. The van der Waals surface area contributed by atoms with Crippen molar-refractivity contribution < 1.29 is 4.79 Å². The molecule has 0 amide bonds. The molecule has 2 rings (SSSR count). The summed E-state index contributed by atoms with van der Waals surface area (Å²) < 4.78 is 0. The highest BCUT2D eigenvalue weighted by atomic mass is 16.1. The van der Waals surface area contributed by atoms with E-state index < -0.39 is 0 Å². The standard InChI is InChI=1S/C14H20N2O/c1-9(10(2)15)14(17)12-7-3-5-11-6-4-8-16-13(11)12/h4,6,8-10,12H,3,5,7,15H2,1-2H3. The van der Waals surface area contributed by atoms with E-state index in [0.717, 1.165) is 25.0 Å². The molecule has 3 atom stereocenters. The summed E-state index contributed by atoms with van der Waals surface area (Å²) in [5.74, 6) is 0.119. The van der Waals surface area contributed by atoms with Crippen LogP contribution in [-0.2, 0) is 11.2 Å². The molecule has 0 saturated carbocycles. The highest BCUT2D eigenvalue weighted by Crippen LogP contribution is 2.32. The lowest BCUT2D eigenvalue weighted by atomic mass is 9.79. The zero-order valence-electron chi connectivity index (χ0n) is 10.5. The monoisotopic (exact) mass is 232 g/mol. The lowest BCUT2D eigenvalue weighted by Gasteiger charge is -2.26. The molecule has 0 aromatic carbocycles. The summed E-state index contributed by atoms with van der Waals surface area (Å²) in [5, 5.41) is 0. The topological polar surface area (TPSA) is 56.0 Å². The van der Waals surface area contributed by atoms with Crippen LogP contribution in [0.3, 0.4) is 0 Å². The normalized spacial score (nSPS) is 22.6. The highest BCUT2D eigenvalue weighted by Gasteiger charge is 2.31. The number of hydrogen-bond acceptors (Lipinski definition) is 3. The predicted octanol–water partition coefficient (Wildman–Crippen LogP) is 2.05. The van der Waals surface area contributed by atoms with Gasteiger partial charge in [-0.05, 0) is 37.8 Å². The summed E-state index contributed by atoms with van der Waals surface area (Å²) in [6.07, 6.45) is 4.81. The Kier molecular flexibility index (Phi) is 3.57. The van der Waals surface area contributed by atoms with Crippen molar-refractivity contribution in [2.24, 2.45) is 11.7 Å². The molecule has 1 aromatic rings. The predicted molar refractivity (Wildman–Crippen MR) is 67.7 cm³/mol. The van der Waals surface area contributed by atoms with Crippen molar-refractivity contribution in [1.29, 1.82) is 0 Å². The molecule has 3 heteroatoms. The van der Waals surface area contributed by atoms with Gasteiger partial charge in [0.15, 0.2) is 0 Å². The lowest BCUT2D eigenvalue weighted by molar-refractivity contribution is -0.124. The number of nitrogens with two attached hydrogens (primary N) is 1. The summed E-state index contributed by atoms with van der Waals surface area (Å²) in [5.41, 5.74) is 8.04. The van der Waals surface area contributed by atoms with Crippen molar-refractivity contribution in [1.82, 2.24) is 4.98 Å². The smallest absolute Gasteiger partial charge is 0.146 e. The fourth-order valence-electron chi connectivity index (χ4n) is 2.46. The Labute approximate surface area is 102 Å². The molecule has 1 heterocycles. The molecule has 3 nitrogen and oxygen atoms in total. The van der Waals surface area contributed by atoms with Crippen molar-refractivity contribution in [2.45, 2.75) is 45.1 Å². The largest absolute Gasteiger partial charge is 0.327 e. The molecule has 17 heavy (non-hydrogen) atoms. The minimum Gasteiger partial charge on any atom is -0.327 e. The Bertz CT molecular complexity index is 414. The fraction of sp³-hybridized carbons (Fsp3) is 0.571. The number of carbonyl (C=O) groups is 1. The number of carbonyl (C=O) groups excluding carboxylic acids is 1. The van der Waals surface area contributed by atoms with Crippen LogP contribution in [-0.4, -0.2) is 16.8 Å². The number of hydrogen-bond donors (Lipinski definition) is 1. The van der Waals surface area contributed by atoms with Gasteiger partial charge >= 0.3 is 0 Å². The van der Waals surface area contributed by atoms with Crippen LogP contribution < -0.4 is 5.73 Å². The van der Waals surface area contributed by atoms with Crippen molar-refractivity contribution >= 4 is 5.78 Å². The second-order valence-electron chi connectivity index (χ2n) is 5.04. The first-order valence-electron chi connectivity index (χ1n) is 6.34. The van der Waals surface area contributed by atoms with Gasteiger partial charge in [-0.3, -0.25) is 9.78 Å². The minimum absolute atomic E-state index is 0.0408. The average molecular weight is 232 g/mol. The van der Waals surface area contributed by atoms with E-state index in [1.807, 2.05) is 19.9 Å². The number of ketones is 1. The zero-order valence-corrected chi connectivity index (χ0v) is 10.5. The van der Waals surface area contributed by atoms with Crippen LogP contribution in [0, 0.1) is 5.92 Å². The maximum atomic E-state index is 12.4.